The number of anilines is 1. The van der Waals surface area contributed by atoms with Gasteiger partial charge in [-0.3, -0.25) is 9.36 Å². The minimum atomic E-state index is -0.751. The fourth-order valence-electron chi connectivity index (χ4n) is 3.93. The number of benzene rings is 1. The van der Waals surface area contributed by atoms with Crippen molar-refractivity contribution in [1.82, 2.24) is 9.24 Å². The Hall–Kier alpha value is -3.02. The van der Waals surface area contributed by atoms with E-state index in [1.165, 1.54) is 11.7 Å². The number of rotatable bonds is 4. The number of hydrogen-bond acceptors (Lipinski definition) is 6. The average Bonchev–Trinajstić information content (AvgIpc) is 3.38. The molecule has 2 heterocycles. The molecule has 0 radical (unpaired) electrons. The van der Waals surface area contributed by atoms with Crippen LogP contribution in [0.4, 0.5) is 10.1 Å². The van der Waals surface area contributed by atoms with Gasteiger partial charge in [0.05, 0.1) is 18.6 Å². The van der Waals surface area contributed by atoms with Gasteiger partial charge in [-0.15, -0.1) is 0 Å². The number of halogens is 1. The van der Waals surface area contributed by atoms with Gasteiger partial charge in [0, 0.05) is 25.6 Å². The maximum absolute atomic E-state index is 15.0. The number of methoxy groups -OCH3 is 1. The quantitative estimate of drug-likeness (QED) is 0.805. The Bertz CT molecular complexity index is 1080. The van der Waals surface area contributed by atoms with Gasteiger partial charge in [-0.1, -0.05) is 0 Å². The maximum Gasteiger partial charge on any atom is 0.350 e. The van der Waals surface area contributed by atoms with Crippen molar-refractivity contribution in [1.29, 1.82) is 5.26 Å². The summed E-state index contributed by atoms with van der Waals surface area (Å²) < 4.78 is 22.5. The van der Waals surface area contributed by atoms with E-state index in [2.05, 4.69) is 6.07 Å². The molecule has 8 nitrogen and oxygen atoms in total. The second kappa shape index (κ2) is 6.30. The molecule has 1 aromatic carbocycles. The molecule has 1 aliphatic carbocycles. The molecular weight excluding hydrogens is 353 g/mol. The lowest BCUT2D eigenvalue weighted by Crippen LogP contribution is -2.44. The minimum Gasteiger partial charge on any atom is -0.492 e. The fraction of sp³-hybridized carbons (Fsp3) is 0.500. The Kier molecular flexibility index (Phi) is 4.06. The highest BCUT2D eigenvalue weighted by molar-refractivity contribution is 5.91. The van der Waals surface area contributed by atoms with Crippen molar-refractivity contribution in [2.45, 2.75) is 31.7 Å². The smallest absolute Gasteiger partial charge is 0.350 e. The molecule has 1 unspecified atom stereocenters. The number of nitrogens with two attached hydrogens (primary N) is 1. The SMILES string of the molecule is COc1c(N2CCC(CC#N)C2)c(F)cc2c(=O)n(N)c(=O)n(C3CC3)c12. The summed E-state index contributed by atoms with van der Waals surface area (Å²) in [6.07, 6.45) is 2.75. The summed E-state index contributed by atoms with van der Waals surface area (Å²) in [6, 6.07) is 3.21. The van der Waals surface area contributed by atoms with Gasteiger partial charge in [0.15, 0.2) is 11.6 Å². The molecule has 2 aliphatic rings. The molecule has 0 spiro atoms. The molecule has 1 aromatic heterocycles. The second-order valence-corrected chi connectivity index (χ2v) is 7.16. The molecule has 1 atom stereocenters. The van der Waals surface area contributed by atoms with Crippen LogP contribution in [-0.4, -0.2) is 29.4 Å². The van der Waals surface area contributed by atoms with E-state index in [1.807, 2.05) is 4.90 Å². The van der Waals surface area contributed by atoms with E-state index < -0.39 is 17.1 Å². The largest absolute Gasteiger partial charge is 0.492 e. The van der Waals surface area contributed by atoms with E-state index in [4.69, 9.17) is 15.8 Å². The lowest BCUT2D eigenvalue weighted by Gasteiger charge is -2.24. The molecule has 1 saturated carbocycles. The third kappa shape index (κ3) is 2.63. The van der Waals surface area contributed by atoms with Crippen molar-refractivity contribution >= 4 is 16.6 Å². The number of fused-ring (bicyclic) bond motifs is 1. The summed E-state index contributed by atoms with van der Waals surface area (Å²) in [7, 11) is 1.40. The third-order valence-corrected chi connectivity index (χ3v) is 5.38. The van der Waals surface area contributed by atoms with Crippen LogP contribution in [0.2, 0.25) is 0 Å². The molecular formula is C18H20FN5O3. The molecule has 2 aromatic rings. The van der Waals surface area contributed by atoms with Crippen LogP contribution in [0.3, 0.4) is 0 Å². The molecule has 1 aliphatic heterocycles. The van der Waals surface area contributed by atoms with Crippen molar-refractivity contribution in [2.75, 3.05) is 30.9 Å². The van der Waals surface area contributed by atoms with Gasteiger partial charge in [-0.05, 0) is 31.2 Å². The fourth-order valence-corrected chi connectivity index (χ4v) is 3.93. The Morgan fingerprint density at radius 3 is 2.74 bits per heavy atom. The van der Waals surface area contributed by atoms with Crippen LogP contribution >= 0.6 is 0 Å². The zero-order valence-electron chi connectivity index (χ0n) is 14.9. The molecule has 1 saturated heterocycles. The summed E-state index contributed by atoms with van der Waals surface area (Å²) in [4.78, 5) is 26.9. The highest BCUT2D eigenvalue weighted by Crippen LogP contribution is 2.43. The van der Waals surface area contributed by atoms with E-state index in [0.717, 1.165) is 25.3 Å². The highest BCUT2D eigenvalue weighted by Gasteiger charge is 2.33. The van der Waals surface area contributed by atoms with Gasteiger partial charge in [0.2, 0.25) is 0 Å². The third-order valence-electron chi connectivity index (χ3n) is 5.38. The van der Waals surface area contributed by atoms with Crippen molar-refractivity contribution in [3.05, 3.63) is 32.7 Å². The number of hydrogen-bond donors (Lipinski definition) is 1. The van der Waals surface area contributed by atoms with Gasteiger partial charge in [0.1, 0.15) is 11.2 Å². The van der Waals surface area contributed by atoms with Crippen LogP contribution in [-0.2, 0) is 0 Å². The van der Waals surface area contributed by atoms with Crippen molar-refractivity contribution < 1.29 is 9.13 Å². The zero-order chi connectivity index (χ0) is 19.3. The molecule has 4 rings (SSSR count). The van der Waals surface area contributed by atoms with Crippen molar-refractivity contribution in [2.24, 2.45) is 5.92 Å². The lowest BCUT2D eigenvalue weighted by molar-refractivity contribution is 0.412. The van der Waals surface area contributed by atoms with Crippen molar-refractivity contribution in [3.8, 4) is 11.8 Å². The summed E-state index contributed by atoms with van der Waals surface area (Å²) in [5.41, 5.74) is -0.862. The Labute approximate surface area is 154 Å². The first-order valence-corrected chi connectivity index (χ1v) is 8.92. The molecule has 2 fully saturated rings. The Morgan fingerprint density at radius 1 is 1.37 bits per heavy atom. The molecule has 0 bridgehead atoms. The maximum atomic E-state index is 15.0. The molecule has 0 amide bonds. The number of ether oxygens (including phenoxy) is 1. The first-order valence-electron chi connectivity index (χ1n) is 8.92. The van der Waals surface area contributed by atoms with E-state index in [1.54, 1.807) is 0 Å². The predicted octanol–water partition coefficient (Wildman–Crippen LogP) is 1.10. The van der Waals surface area contributed by atoms with Gasteiger partial charge in [-0.25, -0.2) is 9.18 Å². The summed E-state index contributed by atoms with van der Waals surface area (Å²) in [5, 5.41) is 8.94. The van der Waals surface area contributed by atoms with Gasteiger partial charge in [0.25, 0.3) is 5.56 Å². The average molecular weight is 373 g/mol. The monoisotopic (exact) mass is 373 g/mol. The normalized spacial score (nSPS) is 19.4. The molecule has 27 heavy (non-hydrogen) atoms. The first kappa shape index (κ1) is 17.4. The van der Waals surface area contributed by atoms with Crippen LogP contribution in [0.25, 0.3) is 10.9 Å². The van der Waals surface area contributed by atoms with Gasteiger partial charge >= 0.3 is 5.69 Å². The van der Waals surface area contributed by atoms with Crippen LogP contribution in [0, 0.1) is 23.1 Å². The number of nitriles is 1. The number of nitrogens with zero attached hydrogens (tertiary/aromatic N) is 4. The standard InChI is InChI=1S/C18H20FN5O3/c1-27-16-14-12(17(25)24(21)18(26)23(14)11-2-3-11)8-13(19)15(16)22-7-5-10(9-22)4-6-20/h8,10-11H,2-5,7,9,21H2,1H3. The van der Waals surface area contributed by atoms with E-state index in [-0.39, 0.29) is 34.3 Å². The number of nitrogen functional groups attached to an aromatic ring is 1. The Morgan fingerprint density at radius 2 is 2.11 bits per heavy atom. The molecule has 9 heteroatoms. The van der Waals surface area contributed by atoms with Crippen molar-refractivity contribution in [3.63, 3.8) is 0 Å². The van der Waals surface area contributed by atoms with E-state index in [9.17, 15) is 9.59 Å². The molecule has 142 valence electrons. The lowest BCUT2D eigenvalue weighted by atomic mass is 10.1. The van der Waals surface area contributed by atoms with Crippen LogP contribution in [0.15, 0.2) is 15.7 Å². The Balaban J connectivity index is 1.99. The minimum absolute atomic E-state index is 0.0230. The van der Waals surface area contributed by atoms with Gasteiger partial charge < -0.3 is 15.5 Å². The first-order chi connectivity index (χ1) is 13.0. The predicted molar refractivity (Wildman–Crippen MR) is 97.9 cm³/mol. The summed E-state index contributed by atoms with van der Waals surface area (Å²) in [5.74, 6) is 5.35. The highest BCUT2D eigenvalue weighted by atomic mass is 19.1. The zero-order valence-corrected chi connectivity index (χ0v) is 14.9. The topological polar surface area (TPSA) is 106 Å². The van der Waals surface area contributed by atoms with Crippen LogP contribution < -0.4 is 26.7 Å². The second-order valence-electron chi connectivity index (χ2n) is 7.16. The van der Waals surface area contributed by atoms with Crippen LogP contribution in [0.1, 0.15) is 31.7 Å². The van der Waals surface area contributed by atoms with E-state index in [0.29, 0.717) is 24.2 Å². The number of aromatic nitrogens is 2. The van der Waals surface area contributed by atoms with E-state index >= 15 is 4.39 Å². The summed E-state index contributed by atoms with van der Waals surface area (Å²) >= 11 is 0. The summed E-state index contributed by atoms with van der Waals surface area (Å²) in [6.45, 7) is 1.10. The molecule has 2 N–H and O–H groups in total. The van der Waals surface area contributed by atoms with Gasteiger partial charge in [-0.2, -0.15) is 9.94 Å². The van der Waals surface area contributed by atoms with Crippen LogP contribution in [0.5, 0.6) is 5.75 Å².